The molecule has 2 unspecified atom stereocenters. The molecular weight excluding hydrogens is 262 g/mol. The third-order valence-electron chi connectivity index (χ3n) is 4.59. The Hall–Kier alpha value is -1.81. The first-order chi connectivity index (χ1) is 10.1. The van der Waals surface area contributed by atoms with Crippen LogP contribution in [0, 0.1) is 5.92 Å². The summed E-state index contributed by atoms with van der Waals surface area (Å²) in [5.41, 5.74) is 8.30. The zero-order valence-electron chi connectivity index (χ0n) is 12.5. The Labute approximate surface area is 125 Å². The van der Waals surface area contributed by atoms with Crippen LogP contribution in [0.3, 0.4) is 0 Å². The number of fused-ring (bicyclic) bond motifs is 1. The second-order valence-electron chi connectivity index (χ2n) is 6.37. The maximum atomic E-state index is 9.94. The molecule has 1 aliphatic carbocycles. The monoisotopic (exact) mass is 285 g/mol. The minimum absolute atomic E-state index is 0.156. The van der Waals surface area contributed by atoms with Crippen LogP contribution in [-0.2, 0) is 0 Å². The first-order valence-corrected chi connectivity index (χ1v) is 7.66. The van der Waals surface area contributed by atoms with Crippen molar-refractivity contribution in [1.82, 2.24) is 4.98 Å². The van der Waals surface area contributed by atoms with Gasteiger partial charge in [-0.25, -0.2) is 0 Å². The average Bonchev–Trinajstić information content (AvgIpc) is 2.50. The summed E-state index contributed by atoms with van der Waals surface area (Å²) >= 11 is 0. The number of nitrogens with two attached hydrogens (primary N) is 1. The number of nitrogens with zero attached hydrogens (tertiary/aromatic N) is 1. The van der Waals surface area contributed by atoms with Crippen molar-refractivity contribution in [3.63, 3.8) is 0 Å². The van der Waals surface area contributed by atoms with Crippen molar-refractivity contribution >= 4 is 22.3 Å². The quantitative estimate of drug-likeness (QED) is 0.757. The van der Waals surface area contributed by atoms with Crippen LogP contribution in [0.1, 0.15) is 32.6 Å². The molecule has 0 radical (unpaired) electrons. The summed E-state index contributed by atoms with van der Waals surface area (Å²) in [7, 11) is 0. The van der Waals surface area contributed by atoms with E-state index < -0.39 is 0 Å². The standard InChI is InChI=1S/C17H23N3O/c1-12-4-2-8-17(10-12,11-21)20-15-7-6-14(18)16-13(15)5-3-9-19-16/h3,5-7,9,12,20-21H,2,4,8,10-11,18H2,1H3. The van der Waals surface area contributed by atoms with Crippen LogP contribution in [-0.4, -0.2) is 22.2 Å². The number of aliphatic hydroxyl groups is 1. The summed E-state index contributed by atoms with van der Waals surface area (Å²) in [5.74, 6) is 0.636. The zero-order valence-corrected chi connectivity index (χ0v) is 12.5. The number of nitrogens with one attached hydrogen (secondary N) is 1. The zero-order chi connectivity index (χ0) is 14.9. The molecule has 1 aromatic carbocycles. The predicted octanol–water partition coefficient (Wildman–Crippen LogP) is 3.17. The molecule has 1 heterocycles. The molecule has 1 fully saturated rings. The minimum Gasteiger partial charge on any atom is -0.397 e. The first kappa shape index (κ1) is 14.1. The van der Waals surface area contributed by atoms with Crippen LogP contribution in [0.15, 0.2) is 30.5 Å². The fraction of sp³-hybridized carbons (Fsp3) is 0.471. The number of anilines is 2. The molecule has 21 heavy (non-hydrogen) atoms. The number of hydrogen-bond acceptors (Lipinski definition) is 4. The Balaban J connectivity index is 1.99. The molecule has 0 amide bonds. The second-order valence-corrected chi connectivity index (χ2v) is 6.37. The molecule has 1 saturated carbocycles. The lowest BCUT2D eigenvalue weighted by atomic mass is 9.76. The number of aromatic nitrogens is 1. The summed E-state index contributed by atoms with van der Waals surface area (Å²) in [6, 6.07) is 7.82. The number of hydrogen-bond donors (Lipinski definition) is 3. The summed E-state index contributed by atoms with van der Waals surface area (Å²) < 4.78 is 0. The predicted molar refractivity (Wildman–Crippen MR) is 87.2 cm³/mol. The van der Waals surface area contributed by atoms with Gasteiger partial charge in [0.1, 0.15) is 0 Å². The van der Waals surface area contributed by atoms with Crippen LogP contribution in [0.4, 0.5) is 11.4 Å². The third kappa shape index (κ3) is 2.68. The van der Waals surface area contributed by atoms with Gasteiger partial charge in [-0.3, -0.25) is 4.98 Å². The largest absolute Gasteiger partial charge is 0.397 e. The Morgan fingerprint density at radius 1 is 1.43 bits per heavy atom. The molecule has 0 bridgehead atoms. The van der Waals surface area contributed by atoms with E-state index in [9.17, 15) is 5.11 Å². The number of aliphatic hydroxyl groups excluding tert-OH is 1. The van der Waals surface area contributed by atoms with Gasteiger partial charge in [0.15, 0.2) is 0 Å². The van der Waals surface area contributed by atoms with E-state index in [4.69, 9.17) is 5.73 Å². The van der Waals surface area contributed by atoms with Crippen molar-refractivity contribution in [2.75, 3.05) is 17.7 Å². The smallest absolute Gasteiger partial charge is 0.0951 e. The van der Waals surface area contributed by atoms with E-state index in [0.717, 1.165) is 35.9 Å². The Kier molecular flexibility index (Phi) is 3.72. The van der Waals surface area contributed by atoms with Crippen molar-refractivity contribution in [2.24, 2.45) is 5.92 Å². The van der Waals surface area contributed by atoms with E-state index in [2.05, 4.69) is 17.2 Å². The van der Waals surface area contributed by atoms with E-state index in [1.165, 1.54) is 6.42 Å². The van der Waals surface area contributed by atoms with Crippen LogP contribution < -0.4 is 11.1 Å². The summed E-state index contributed by atoms with van der Waals surface area (Å²) in [6.45, 7) is 2.41. The fourth-order valence-corrected chi connectivity index (χ4v) is 3.55. The summed E-state index contributed by atoms with van der Waals surface area (Å²) in [4.78, 5) is 4.37. The van der Waals surface area contributed by atoms with Gasteiger partial charge in [-0.15, -0.1) is 0 Å². The number of pyridine rings is 1. The minimum atomic E-state index is -0.226. The van der Waals surface area contributed by atoms with Gasteiger partial charge in [0.05, 0.1) is 23.3 Å². The van der Waals surface area contributed by atoms with Gasteiger partial charge in [0.2, 0.25) is 0 Å². The number of benzene rings is 1. The highest BCUT2D eigenvalue weighted by Gasteiger charge is 2.34. The first-order valence-electron chi connectivity index (χ1n) is 7.66. The van der Waals surface area contributed by atoms with Crippen LogP contribution >= 0.6 is 0 Å². The normalized spacial score (nSPS) is 25.9. The van der Waals surface area contributed by atoms with Crippen molar-refractivity contribution < 1.29 is 5.11 Å². The maximum absolute atomic E-state index is 9.94. The second kappa shape index (κ2) is 5.53. The molecule has 0 saturated heterocycles. The van der Waals surface area contributed by atoms with Crippen LogP contribution in [0.5, 0.6) is 0 Å². The van der Waals surface area contributed by atoms with Gasteiger partial charge in [-0.2, -0.15) is 0 Å². The number of rotatable bonds is 3. The topological polar surface area (TPSA) is 71.2 Å². The van der Waals surface area contributed by atoms with E-state index in [1.807, 2.05) is 24.3 Å². The highest BCUT2D eigenvalue weighted by Crippen LogP contribution is 2.37. The molecule has 1 aromatic heterocycles. The van der Waals surface area contributed by atoms with E-state index in [0.29, 0.717) is 11.6 Å². The van der Waals surface area contributed by atoms with E-state index in [-0.39, 0.29) is 12.1 Å². The third-order valence-corrected chi connectivity index (χ3v) is 4.59. The molecule has 1 aliphatic rings. The lowest BCUT2D eigenvalue weighted by molar-refractivity contribution is 0.150. The Morgan fingerprint density at radius 2 is 2.29 bits per heavy atom. The molecule has 3 rings (SSSR count). The summed E-state index contributed by atoms with van der Waals surface area (Å²) in [6.07, 6.45) is 6.15. The van der Waals surface area contributed by atoms with E-state index >= 15 is 0 Å². The van der Waals surface area contributed by atoms with E-state index in [1.54, 1.807) is 6.20 Å². The van der Waals surface area contributed by atoms with Gasteiger partial charge in [0, 0.05) is 17.3 Å². The van der Waals surface area contributed by atoms with Crippen LogP contribution in [0.2, 0.25) is 0 Å². The maximum Gasteiger partial charge on any atom is 0.0951 e. The average molecular weight is 285 g/mol. The molecule has 0 spiro atoms. The van der Waals surface area contributed by atoms with Gasteiger partial charge in [-0.1, -0.05) is 19.8 Å². The molecule has 4 nitrogen and oxygen atoms in total. The van der Waals surface area contributed by atoms with Crippen LogP contribution in [0.25, 0.3) is 10.9 Å². The highest BCUT2D eigenvalue weighted by atomic mass is 16.3. The van der Waals surface area contributed by atoms with Gasteiger partial charge in [0.25, 0.3) is 0 Å². The van der Waals surface area contributed by atoms with Crippen molar-refractivity contribution in [3.05, 3.63) is 30.5 Å². The van der Waals surface area contributed by atoms with Gasteiger partial charge in [-0.05, 0) is 43.0 Å². The lowest BCUT2D eigenvalue weighted by Gasteiger charge is -2.40. The molecule has 4 N–H and O–H groups in total. The lowest BCUT2D eigenvalue weighted by Crippen LogP contribution is -2.45. The Morgan fingerprint density at radius 3 is 3.05 bits per heavy atom. The molecule has 0 aliphatic heterocycles. The van der Waals surface area contributed by atoms with Gasteiger partial charge >= 0.3 is 0 Å². The van der Waals surface area contributed by atoms with Crippen molar-refractivity contribution in [2.45, 2.75) is 38.1 Å². The Bertz CT molecular complexity index is 643. The van der Waals surface area contributed by atoms with Crippen molar-refractivity contribution in [1.29, 1.82) is 0 Å². The van der Waals surface area contributed by atoms with Gasteiger partial charge < -0.3 is 16.2 Å². The molecular formula is C17H23N3O. The molecule has 2 atom stereocenters. The number of nitrogen functional groups attached to an aromatic ring is 1. The molecule has 4 heteroatoms. The highest BCUT2D eigenvalue weighted by molar-refractivity contribution is 5.98. The summed E-state index contributed by atoms with van der Waals surface area (Å²) in [5, 5.41) is 14.6. The fourth-order valence-electron chi connectivity index (χ4n) is 3.55. The molecule has 112 valence electrons. The molecule has 2 aromatic rings. The SMILES string of the molecule is CC1CCCC(CO)(Nc2ccc(N)c3ncccc23)C1. The van der Waals surface area contributed by atoms with Crippen molar-refractivity contribution in [3.8, 4) is 0 Å².